The van der Waals surface area contributed by atoms with Crippen LogP contribution in [0.1, 0.15) is 11.1 Å². The van der Waals surface area contributed by atoms with E-state index >= 15 is 0 Å². The van der Waals surface area contributed by atoms with Gasteiger partial charge in [0.15, 0.2) is 0 Å². The van der Waals surface area contributed by atoms with E-state index in [1.54, 1.807) is 12.1 Å². The molecule has 0 aromatic heterocycles. The van der Waals surface area contributed by atoms with Crippen molar-refractivity contribution in [1.29, 1.82) is 5.26 Å². The fourth-order valence-corrected chi connectivity index (χ4v) is 1.72. The molecule has 2 rings (SSSR count). The van der Waals surface area contributed by atoms with Crippen molar-refractivity contribution in [3.05, 3.63) is 59.2 Å². The van der Waals surface area contributed by atoms with Crippen molar-refractivity contribution in [1.82, 2.24) is 0 Å². The molecule has 0 saturated heterocycles. The Morgan fingerprint density at radius 1 is 1.21 bits per heavy atom. The first-order chi connectivity index (χ1) is 9.10. The Balaban J connectivity index is 2.19. The van der Waals surface area contributed by atoms with Crippen LogP contribution in [0, 0.1) is 23.0 Å². The summed E-state index contributed by atoms with van der Waals surface area (Å²) in [6.45, 7) is 0.170. The predicted molar refractivity (Wildman–Crippen MR) is 66.5 cm³/mol. The molecule has 0 atom stereocenters. The summed E-state index contributed by atoms with van der Waals surface area (Å²) in [5.41, 5.74) is 0.722. The minimum absolute atomic E-state index is 0.0943. The van der Waals surface area contributed by atoms with Crippen LogP contribution in [0.15, 0.2) is 36.4 Å². The van der Waals surface area contributed by atoms with Crippen LogP contribution in [0.3, 0.4) is 0 Å². The Kier molecular flexibility index (Phi) is 3.62. The van der Waals surface area contributed by atoms with Gasteiger partial charge in [-0.2, -0.15) is 5.26 Å². The molecular weight excluding hydrogens is 250 g/mol. The van der Waals surface area contributed by atoms with Crippen LogP contribution in [0.2, 0.25) is 0 Å². The van der Waals surface area contributed by atoms with Gasteiger partial charge in [-0.1, -0.05) is 6.07 Å². The van der Waals surface area contributed by atoms with Gasteiger partial charge in [-0.15, -0.1) is 0 Å². The number of anilines is 1. The number of aromatic hydroxyl groups is 1. The highest BCUT2D eigenvalue weighted by atomic mass is 19.1. The van der Waals surface area contributed by atoms with Gasteiger partial charge in [0.05, 0.1) is 5.69 Å². The van der Waals surface area contributed by atoms with Crippen LogP contribution in [0.5, 0.6) is 5.75 Å². The first kappa shape index (κ1) is 12.8. The molecule has 19 heavy (non-hydrogen) atoms. The number of hydrogen-bond donors (Lipinski definition) is 2. The SMILES string of the molecule is N#Cc1c(F)cccc1NCc1cc(O)cc(F)c1. The highest BCUT2D eigenvalue weighted by Gasteiger charge is 2.07. The van der Waals surface area contributed by atoms with Crippen molar-refractivity contribution in [3.8, 4) is 11.8 Å². The second-order valence-corrected chi connectivity index (χ2v) is 3.95. The molecule has 2 N–H and O–H groups in total. The molecule has 0 heterocycles. The van der Waals surface area contributed by atoms with E-state index in [9.17, 15) is 13.9 Å². The normalized spacial score (nSPS) is 9.95. The van der Waals surface area contributed by atoms with Crippen molar-refractivity contribution >= 4 is 5.69 Å². The monoisotopic (exact) mass is 260 g/mol. The van der Waals surface area contributed by atoms with Gasteiger partial charge in [-0.3, -0.25) is 0 Å². The number of phenolic OH excluding ortho intramolecular Hbond substituents is 1. The zero-order valence-corrected chi connectivity index (χ0v) is 9.82. The van der Waals surface area contributed by atoms with E-state index < -0.39 is 11.6 Å². The molecule has 0 aliphatic rings. The number of benzene rings is 2. The molecule has 3 nitrogen and oxygen atoms in total. The van der Waals surface area contributed by atoms with Gasteiger partial charge in [0.1, 0.15) is 29.0 Å². The van der Waals surface area contributed by atoms with Crippen molar-refractivity contribution in [2.45, 2.75) is 6.54 Å². The molecule has 0 radical (unpaired) electrons. The summed E-state index contributed by atoms with van der Waals surface area (Å²) in [6.07, 6.45) is 0. The maximum atomic E-state index is 13.3. The number of rotatable bonds is 3. The molecule has 0 bridgehead atoms. The number of hydrogen-bond acceptors (Lipinski definition) is 3. The van der Waals surface area contributed by atoms with E-state index in [0.717, 1.165) is 6.07 Å². The maximum absolute atomic E-state index is 13.3. The average Bonchev–Trinajstić information content (AvgIpc) is 2.35. The van der Waals surface area contributed by atoms with E-state index in [1.807, 2.05) is 0 Å². The van der Waals surface area contributed by atoms with Crippen LogP contribution < -0.4 is 5.32 Å². The molecule has 2 aromatic carbocycles. The lowest BCUT2D eigenvalue weighted by Crippen LogP contribution is -2.02. The zero-order valence-electron chi connectivity index (χ0n) is 9.82. The highest BCUT2D eigenvalue weighted by molar-refractivity contribution is 5.58. The second-order valence-electron chi connectivity index (χ2n) is 3.95. The Hall–Kier alpha value is -2.61. The molecule has 2 aromatic rings. The summed E-state index contributed by atoms with van der Waals surface area (Å²) in [5.74, 6) is -1.36. The zero-order chi connectivity index (χ0) is 13.8. The molecule has 0 aliphatic heterocycles. The summed E-state index contributed by atoms with van der Waals surface area (Å²) in [4.78, 5) is 0. The molecule has 0 fully saturated rings. The van der Waals surface area contributed by atoms with Gasteiger partial charge in [0, 0.05) is 12.6 Å². The van der Waals surface area contributed by atoms with Crippen LogP contribution in [-0.2, 0) is 6.54 Å². The Morgan fingerprint density at radius 3 is 2.68 bits per heavy atom. The van der Waals surface area contributed by atoms with Gasteiger partial charge < -0.3 is 10.4 Å². The summed E-state index contributed by atoms with van der Waals surface area (Å²) in [5, 5.41) is 20.9. The lowest BCUT2D eigenvalue weighted by Gasteiger charge is -2.09. The van der Waals surface area contributed by atoms with E-state index in [-0.39, 0.29) is 17.9 Å². The summed E-state index contributed by atoms with van der Waals surface area (Å²) in [6, 6.07) is 9.62. The van der Waals surface area contributed by atoms with Gasteiger partial charge in [-0.25, -0.2) is 8.78 Å². The number of halogens is 2. The van der Waals surface area contributed by atoms with Crippen LogP contribution in [0.4, 0.5) is 14.5 Å². The quantitative estimate of drug-likeness (QED) is 0.891. The first-order valence-corrected chi connectivity index (χ1v) is 5.51. The Labute approximate surface area is 108 Å². The standard InChI is InChI=1S/C14H10F2N2O/c15-10-4-9(5-11(19)6-10)8-18-14-3-1-2-13(16)12(14)7-17/h1-6,18-19H,8H2. The lowest BCUT2D eigenvalue weighted by molar-refractivity contribution is 0.468. The number of phenols is 1. The number of nitrogens with one attached hydrogen (secondary N) is 1. The van der Waals surface area contributed by atoms with E-state index in [1.165, 1.54) is 24.3 Å². The van der Waals surface area contributed by atoms with E-state index in [4.69, 9.17) is 5.26 Å². The third-order valence-corrected chi connectivity index (χ3v) is 2.55. The van der Waals surface area contributed by atoms with Crippen molar-refractivity contribution in [3.63, 3.8) is 0 Å². The first-order valence-electron chi connectivity index (χ1n) is 5.51. The fraction of sp³-hybridized carbons (Fsp3) is 0.0714. The Morgan fingerprint density at radius 2 is 2.00 bits per heavy atom. The number of nitriles is 1. The molecule has 0 amide bonds. The third-order valence-electron chi connectivity index (χ3n) is 2.55. The maximum Gasteiger partial charge on any atom is 0.143 e. The molecule has 0 saturated carbocycles. The fourth-order valence-electron chi connectivity index (χ4n) is 1.72. The van der Waals surface area contributed by atoms with Crippen molar-refractivity contribution < 1.29 is 13.9 Å². The number of nitrogens with zero attached hydrogens (tertiary/aromatic N) is 1. The topological polar surface area (TPSA) is 56.0 Å². The minimum Gasteiger partial charge on any atom is -0.508 e. The largest absolute Gasteiger partial charge is 0.508 e. The van der Waals surface area contributed by atoms with Gasteiger partial charge in [-0.05, 0) is 29.8 Å². The predicted octanol–water partition coefficient (Wildman–Crippen LogP) is 3.15. The van der Waals surface area contributed by atoms with Crippen molar-refractivity contribution in [2.75, 3.05) is 5.32 Å². The van der Waals surface area contributed by atoms with Crippen LogP contribution >= 0.6 is 0 Å². The van der Waals surface area contributed by atoms with Crippen LogP contribution in [-0.4, -0.2) is 5.11 Å². The van der Waals surface area contributed by atoms with E-state index in [2.05, 4.69) is 5.32 Å². The molecule has 0 unspecified atom stereocenters. The van der Waals surface area contributed by atoms with Gasteiger partial charge in [0.25, 0.3) is 0 Å². The van der Waals surface area contributed by atoms with Gasteiger partial charge in [0.2, 0.25) is 0 Å². The third kappa shape index (κ3) is 2.99. The van der Waals surface area contributed by atoms with Gasteiger partial charge >= 0.3 is 0 Å². The van der Waals surface area contributed by atoms with E-state index in [0.29, 0.717) is 11.3 Å². The molecule has 0 spiro atoms. The summed E-state index contributed by atoms with van der Waals surface area (Å²) < 4.78 is 26.4. The Bertz CT molecular complexity index is 630. The highest BCUT2D eigenvalue weighted by Crippen LogP contribution is 2.20. The summed E-state index contributed by atoms with van der Waals surface area (Å²) >= 11 is 0. The smallest absolute Gasteiger partial charge is 0.143 e. The second kappa shape index (κ2) is 5.36. The minimum atomic E-state index is -0.616. The van der Waals surface area contributed by atoms with Crippen LogP contribution in [0.25, 0.3) is 0 Å². The van der Waals surface area contributed by atoms with Crippen molar-refractivity contribution in [2.24, 2.45) is 0 Å². The molecule has 0 aliphatic carbocycles. The molecule has 96 valence electrons. The average molecular weight is 260 g/mol. The molecular formula is C14H10F2N2O. The summed E-state index contributed by atoms with van der Waals surface area (Å²) in [7, 11) is 0. The molecule has 5 heteroatoms. The lowest BCUT2D eigenvalue weighted by atomic mass is 10.1.